The molecule has 46 heavy (non-hydrogen) atoms. The molecule has 7 nitrogen and oxygen atoms in total. The summed E-state index contributed by atoms with van der Waals surface area (Å²) in [5, 5.41) is 4.90. The zero-order valence-corrected chi connectivity index (χ0v) is 28.3. The van der Waals surface area contributed by atoms with Crippen molar-refractivity contribution in [3.05, 3.63) is 114 Å². The zero-order chi connectivity index (χ0) is 32.7. The Morgan fingerprint density at radius 1 is 0.783 bits per heavy atom. The van der Waals surface area contributed by atoms with E-state index in [4.69, 9.17) is 19.6 Å². The fourth-order valence-corrected chi connectivity index (χ4v) is 6.03. The second-order valence-corrected chi connectivity index (χ2v) is 13.6. The summed E-state index contributed by atoms with van der Waals surface area (Å²) in [6.07, 6.45) is 3.81. The monoisotopic (exact) mass is 613 g/mol. The molecule has 7 heteroatoms. The molecule has 236 valence electrons. The lowest BCUT2D eigenvalue weighted by Crippen LogP contribution is -2.11. The van der Waals surface area contributed by atoms with E-state index in [9.17, 15) is 0 Å². The normalized spacial score (nSPS) is 12.0. The van der Waals surface area contributed by atoms with Crippen molar-refractivity contribution in [2.45, 2.75) is 79.6 Å². The summed E-state index contributed by atoms with van der Waals surface area (Å²) in [4.78, 5) is 9.63. The van der Waals surface area contributed by atoms with Crippen LogP contribution in [0.4, 0.5) is 0 Å². The van der Waals surface area contributed by atoms with Crippen molar-refractivity contribution in [1.82, 2.24) is 24.1 Å². The quantitative estimate of drug-likeness (QED) is 0.171. The third-order valence-electron chi connectivity index (χ3n) is 8.29. The molecule has 6 aromatic rings. The van der Waals surface area contributed by atoms with Crippen LogP contribution < -0.4 is 9.47 Å². The van der Waals surface area contributed by atoms with Gasteiger partial charge in [-0.15, -0.1) is 0 Å². The van der Waals surface area contributed by atoms with Gasteiger partial charge in [-0.05, 0) is 60.4 Å². The summed E-state index contributed by atoms with van der Waals surface area (Å²) in [7, 11) is 0. The minimum absolute atomic E-state index is 0.0391. The van der Waals surface area contributed by atoms with E-state index in [1.807, 2.05) is 59.4 Å². The van der Waals surface area contributed by atoms with Crippen LogP contribution >= 0.6 is 0 Å². The fourth-order valence-electron chi connectivity index (χ4n) is 6.03. The van der Waals surface area contributed by atoms with Crippen LogP contribution in [0.3, 0.4) is 0 Å². The average Bonchev–Trinajstić information content (AvgIpc) is 3.55. The second kappa shape index (κ2) is 12.1. The van der Waals surface area contributed by atoms with E-state index >= 15 is 0 Å². The molecule has 0 amide bonds. The lowest BCUT2D eigenvalue weighted by atomic mass is 9.88. The molecule has 0 fully saturated rings. The Morgan fingerprint density at radius 3 is 2.24 bits per heavy atom. The lowest BCUT2D eigenvalue weighted by Gasteiger charge is -2.19. The number of pyridine rings is 2. The Kier molecular flexibility index (Phi) is 8.19. The number of fused-ring (bicyclic) bond motifs is 1. The molecule has 0 aliphatic rings. The van der Waals surface area contributed by atoms with Crippen LogP contribution in [0.15, 0.2) is 85.2 Å². The maximum atomic E-state index is 6.58. The molecule has 0 N–H and O–H groups in total. The van der Waals surface area contributed by atoms with Crippen LogP contribution in [0.25, 0.3) is 22.5 Å². The molecular weight excluding hydrogens is 570 g/mol. The predicted molar refractivity (Wildman–Crippen MR) is 185 cm³/mol. The fraction of sp³-hybridized carbons (Fsp3) is 0.308. The van der Waals surface area contributed by atoms with Gasteiger partial charge in [0, 0.05) is 41.3 Å². The molecule has 0 saturated heterocycles. The van der Waals surface area contributed by atoms with Crippen molar-refractivity contribution in [2.75, 3.05) is 0 Å². The molecule has 0 unspecified atom stereocenters. The van der Waals surface area contributed by atoms with Crippen LogP contribution in [0, 0.1) is 13.8 Å². The molecule has 4 heterocycles. The number of benzene rings is 2. The highest BCUT2D eigenvalue weighted by molar-refractivity contribution is 5.69. The molecule has 0 bridgehead atoms. The van der Waals surface area contributed by atoms with Gasteiger partial charge in [0.25, 0.3) is 0 Å². The van der Waals surface area contributed by atoms with E-state index in [2.05, 4.69) is 96.0 Å². The van der Waals surface area contributed by atoms with Crippen LogP contribution in [-0.4, -0.2) is 24.1 Å². The first kappa shape index (κ1) is 31.1. The summed E-state index contributed by atoms with van der Waals surface area (Å²) >= 11 is 0. The minimum Gasteiger partial charge on any atom is -0.456 e. The Hall–Kier alpha value is -4.91. The maximum absolute atomic E-state index is 6.58. The Labute approximate surface area is 271 Å². The molecule has 0 spiro atoms. The first-order valence-electron chi connectivity index (χ1n) is 16.0. The molecule has 0 saturated carbocycles. The molecule has 4 aromatic heterocycles. The van der Waals surface area contributed by atoms with Gasteiger partial charge >= 0.3 is 0 Å². The summed E-state index contributed by atoms with van der Waals surface area (Å²) in [5.41, 5.74) is 9.32. The molecule has 0 atom stereocenters. The Bertz CT molecular complexity index is 2010. The zero-order valence-electron chi connectivity index (χ0n) is 28.3. The Morgan fingerprint density at radius 2 is 1.54 bits per heavy atom. The van der Waals surface area contributed by atoms with Crippen LogP contribution in [0.1, 0.15) is 88.6 Å². The van der Waals surface area contributed by atoms with Crippen molar-refractivity contribution in [3.8, 4) is 39.9 Å². The smallest absolute Gasteiger partial charge is 0.219 e. The van der Waals surface area contributed by atoms with E-state index in [1.54, 1.807) is 6.20 Å². The molecule has 0 aliphatic heterocycles. The molecule has 2 aromatic carbocycles. The maximum Gasteiger partial charge on any atom is 0.219 e. The lowest BCUT2D eigenvalue weighted by molar-refractivity contribution is 0.445. The van der Waals surface area contributed by atoms with Crippen molar-refractivity contribution in [2.24, 2.45) is 0 Å². The van der Waals surface area contributed by atoms with Gasteiger partial charge in [0.05, 0.1) is 23.3 Å². The number of rotatable bonds is 8. The van der Waals surface area contributed by atoms with Gasteiger partial charge in [-0.25, -0.2) is 14.6 Å². The highest BCUT2D eigenvalue weighted by atomic mass is 16.5. The van der Waals surface area contributed by atoms with Crippen molar-refractivity contribution < 1.29 is 9.47 Å². The number of aryl methyl sites for hydroxylation is 1. The highest BCUT2D eigenvalue weighted by Crippen LogP contribution is 2.38. The van der Waals surface area contributed by atoms with Gasteiger partial charge in [0.1, 0.15) is 11.5 Å². The number of nitrogens with zero attached hydrogens (tertiary/aromatic N) is 5. The SMILES string of the molecule is Cc1nn(-c2cccc(Oc3cc(Oc4cc(C(C)(C)C)ccn4)c4nc(C(C)C)c(C(C)C)n4c3)c2)c(C)c1-c1ccccc1. The van der Waals surface area contributed by atoms with E-state index < -0.39 is 0 Å². The van der Waals surface area contributed by atoms with Gasteiger partial charge in [0.15, 0.2) is 11.4 Å². The van der Waals surface area contributed by atoms with E-state index in [-0.39, 0.29) is 17.3 Å². The standard InChI is InChI=1S/C39H43N5O2/c1-24(2)36-37(25(3)4)43-23-32(22-33(38(43)41-36)46-34-20-29(18-19-40-34)39(7,8)9)45-31-17-13-16-30(21-31)44-27(6)35(26(5)42-44)28-14-11-10-12-15-28/h10-25H,1-9H3. The van der Waals surface area contributed by atoms with Gasteiger partial charge in [0.2, 0.25) is 5.88 Å². The van der Waals surface area contributed by atoms with Crippen molar-refractivity contribution in [3.63, 3.8) is 0 Å². The van der Waals surface area contributed by atoms with Crippen molar-refractivity contribution >= 4 is 5.65 Å². The summed E-state index contributed by atoms with van der Waals surface area (Å²) < 4.78 is 17.2. The summed E-state index contributed by atoms with van der Waals surface area (Å²) in [6, 6.07) is 24.4. The molecule has 0 aliphatic carbocycles. The van der Waals surface area contributed by atoms with Crippen LogP contribution in [0.5, 0.6) is 23.1 Å². The van der Waals surface area contributed by atoms with Gasteiger partial charge in [-0.3, -0.25) is 4.40 Å². The largest absolute Gasteiger partial charge is 0.456 e. The number of hydrogen-bond donors (Lipinski definition) is 0. The number of aromatic nitrogens is 5. The highest BCUT2D eigenvalue weighted by Gasteiger charge is 2.23. The summed E-state index contributed by atoms with van der Waals surface area (Å²) in [6.45, 7) is 19.4. The van der Waals surface area contributed by atoms with E-state index in [0.29, 0.717) is 23.1 Å². The number of ether oxygens (including phenoxy) is 2. The number of imidazole rings is 1. The molecule has 6 rings (SSSR count). The van der Waals surface area contributed by atoms with Gasteiger partial charge in [-0.2, -0.15) is 5.10 Å². The van der Waals surface area contributed by atoms with Crippen molar-refractivity contribution in [1.29, 1.82) is 0 Å². The Balaban J connectivity index is 1.42. The first-order valence-corrected chi connectivity index (χ1v) is 16.0. The average molecular weight is 614 g/mol. The van der Waals surface area contributed by atoms with E-state index in [0.717, 1.165) is 50.8 Å². The number of hydrogen-bond acceptors (Lipinski definition) is 5. The van der Waals surface area contributed by atoms with E-state index in [1.165, 1.54) is 0 Å². The van der Waals surface area contributed by atoms with Crippen LogP contribution in [-0.2, 0) is 5.41 Å². The third-order valence-corrected chi connectivity index (χ3v) is 8.29. The molecular formula is C39H43N5O2. The topological polar surface area (TPSA) is 66.5 Å². The van der Waals surface area contributed by atoms with Gasteiger partial charge < -0.3 is 9.47 Å². The second-order valence-electron chi connectivity index (χ2n) is 13.6. The molecule has 0 radical (unpaired) electrons. The first-order chi connectivity index (χ1) is 21.9. The third kappa shape index (κ3) is 6.02. The summed E-state index contributed by atoms with van der Waals surface area (Å²) in [5.74, 6) is 2.93. The minimum atomic E-state index is -0.0391. The van der Waals surface area contributed by atoms with Gasteiger partial charge in [-0.1, -0.05) is 84.9 Å². The predicted octanol–water partition coefficient (Wildman–Crippen LogP) is 10.3. The van der Waals surface area contributed by atoms with Crippen LogP contribution in [0.2, 0.25) is 0 Å².